The number of benzene rings is 1. The molecule has 0 aliphatic carbocycles. The van der Waals surface area contributed by atoms with Crippen LogP contribution < -0.4 is 20.3 Å². The van der Waals surface area contributed by atoms with Gasteiger partial charge in [-0.2, -0.15) is 0 Å². The maximum Gasteiger partial charge on any atom is 0.418 e. The van der Waals surface area contributed by atoms with E-state index in [-0.39, 0.29) is 11.8 Å². The van der Waals surface area contributed by atoms with E-state index < -0.39 is 12.0 Å². The van der Waals surface area contributed by atoms with Gasteiger partial charge >= 0.3 is 6.09 Å². The molecule has 0 saturated heterocycles. The first kappa shape index (κ1) is 25.8. The lowest BCUT2D eigenvalue weighted by molar-refractivity contribution is -0.129. The van der Waals surface area contributed by atoms with Crippen LogP contribution in [-0.2, 0) is 4.79 Å². The summed E-state index contributed by atoms with van der Waals surface area (Å²) in [7, 11) is 0.900. The standard InChI is InChI=1S/C22H27BN4O5S2/c1-22(2,3)16-11-24-17(23-16)13-33-19-12-25-20(34-19)26-21(29)32-15-8-6-14(7-9-15)31-10-4-5-18(28)27-30/h6-9,11-12,23,30H,4-5,10,13H2,1-3H3,(H,27,28)(H,25,26,29). The highest BCUT2D eigenvalue weighted by Gasteiger charge is 2.23. The van der Waals surface area contributed by atoms with Crippen molar-refractivity contribution < 1.29 is 24.3 Å². The number of allylic oxidation sites excluding steroid dienone is 1. The lowest BCUT2D eigenvalue weighted by Crippen LogP contribution is -2.19. The van der Waals surface area contributed by atoms with Crippen LogP contribution in [0.1, 0.15) is 33.6 Å². The maximum absolute atomic E-state index is 12.2. The third-order valence-electron chi connectivity index (χ3n) is 4.81. The monoisotopic (exact) mass is 502 g/mol. The third-order valence-corrected chi connectivity index (χ3v) is 6.99. The van der Waals surface area contributed by atoms with Gasteiger partial charge in [0, 0.05) is 18.4 Å². The first-order chi connectivity index (χ1) is 16.2. The minimum absolute atomic E-state index is 0.130. The summed E-state index contributed by atoms with van der Waals surface area (Å²) in [5.41, 5.74) is 4.18. The number of hydroxylamine groups is 1. The normalized spacial score (nSPS) is 12.9. The minimum atomic E-state index is -0.631. The van der Waals surface area contributed by atoms with Crippen molar-refractivity contribution in [1.82, 2.24) is 10.5 Å². The highest BCUT2D eigenvalue weighted by molar-refractivity contribution is 8.02. The van der Waals surface area contributed by atoms with Gasteiger partial charge in [0.05, 0.1) is 17.0 Å². The van der Waals surface area contributed by atoms with Crippen LogP contribution >= 0.6 is 23.1 Å². The predicted octanol–water partition coefficient (Wildman–Crippen LogP) is 4.25. The molecule has 0 saturated carbocycles. The van der Waals surface area contributed by atoms with Crippen LogP contribution in [0.2, 0.25) is 0 Å². The van der Waals surface area contributed by atoms with E-state index in [0.29, 0.717) is 29.7 Å². The number of thiazole rings is 1. The Morgan fingerprint density at radius 1 is 1.21 bits per heavy atom. The van der Waals surface area contributed by atoms with Crippen molar-refractivity contribution in [3.63, 3.8) is 0 Å². The number of nitrogens with zero attached hydrogens (tertiary/aromatic N) is 2. The number of hydrogen-bond acceptors (Lipinski definition) is 9. The predicted molar refractivity (Wildman–Crippen MR) is 136 cm³/mol. The number of amides is 2. The van der Waals surface area contributed by atoms with E-state index in [2.05, 4.69) is 36.1 Å². The molecule has 1 aromatic heterocycles. The van der Waals surface area contributed by atoms with Crippen LogP contribution in [0.5, 0.6) is 11.5 Å². The number of rotatable bonds is 10. The summed E-state index contributed by atoms with van der Waals surface area (Å²) in [6.07, 6.45) is 3.70. The van der Waals surface area contributed by atoms with Crippen LogP contribution in [0.15, 0.2) is 51.3 Å². The summed E-state index contributed by atoms with van der Waals surface area (Å²) in [5, 5.41) is 11.5. The van der Waals surface area contributed by atoms with E-state index >= 15 is 0 Å². The van der Waals surface area contributed by atoms with Gasteiger partial charge in [-0.1, -0.05) is 37.6 Å². The van der Waals surface area contributed by atoms with E-state index in [4.69, 9.17) is 14.7 Å². The first-order valence-electron chi connectivity index (χ1n) is 10.7. The molecule has 0 atom stereocenters. The van der Waals surface area contributed by atoms with E-state index in [9.17, 15) is 9.59 Å². The highest BCUT2D eigenvalue weighted by atomic mass is 32.2. The molecule has 2 aromatic rings. The number of nitrogens with one attached hydrogen (secondary N) is 2. The largest absolute Gasteiger partial charge is 0.494 e. The molecule has 1 aliphatic rings. The summed E-state index contributed by atoms with van der Waals surface area (Å²) in [6, 6.07) is 6.55. The number of ether oxygens (including phenoxy) is 2. The first-order valence-corrected chi connectivity index (χ1v) is 12.5. The van der Waals surface area contributed by atoms with Crippen molar-refractivity contribution in [1.29, 1.82) is 0 Å². The van der Waals surface area contributed by atoms with Crippen molar-refractivity contribution in [3.05, 3.63) is 42.1 Å². The average Bonchev–Trinajstić information content (AvgIpc) is 3.45. The van der Waals surface area contributed by atoms with Crippen molar-refractivity contribution in [2.75, 3.05) is 17.7 Å². The summed E-state index contributed by atoms with van der Waals surface area (Å²) in [5.74, 6) is 1.26. The number of hydrogen-bond donors (Lipinski definition) is 3. The second-order valence-corrected chi connectivity index (χ2v) is 10.8. The second kappa shape index (κ2) is 12.0. The zero-order chi connectivity index (χ0) is 24.6. The van der Waals surface area contributed by atoms with Crippen molar-refractivity contribution in [2.45, 2.75) is 37.8 Å². The Hall–Kier alpha value is -2.83. The highest BCUT2D eigenvalue weighted by Crippen LogP contribution is 2.31. The van der Waals surface area contributed by atoms with Gasteiger partial charge in [-0.3, -0.25) is 20.3 Å². The lowest BCUT2D eigenvalue weighted by atomic mass is 9.59. The Balaban J connectivity index is 1.38. The van der Waals surface area contributed by atoms with Crippen molar-refractivity contribution in [3.8, 4) is 11.5 Å². The molecule has 3 rings (SSSR count). The quantitative estimate of drug-likeness (QED) is 0.146. The molecule has 0 unspecified atom stereocenters. The van der Waals surface area contributed by atoms with Gasteiger partial charge in [-0.15, -0.1) is 11.8 Å². The molecule has 0 bridgehead atoms. The zero-order valence-corrected chi connectivity index (χ0v) is 20.9. The summed E-state index contributed by atoms with van der Waals surface area (Å²) in [6.45, 7) is 6.90. The molecule has 9 nitrogen and oxygen atoms in total. The Morgan fingerprint density at radius 2 is 1.94 bits per heavy atom. The second-order valence-electron chi connectivity index (χ2n) is 8.52. The lowest BCUT2D eigenvalue weighted by Gasteiger charge is -2.19. The SMILES string of the molecule is CC(C)(C)C1=CN=C(CSc2cnc(NC(=O)Oc3ccc(OCCCC(=O)NO)cc3)s2)B1. The molecule has 0 fully saturated rings. The molecule has 1 aliphatic heterocycles. The van der Waals surface area contributed by atoms with Crippen LogP contribution in [-0.4, -0.2) is 47.4 Å². The summed E-state index contributed by atoms with van der Waals surface area (Å²) >= 11 is 3.03. The van der Waals surface area contributed by atoms with Gasteiger partial charge in [0.25, 0.3) is 0 Å². The molecule has 1 aromatic carbocycles. The number of aliphatic imine (C=N–C) groups is 1. The van der Waals surface area contributed by atoms with Crippen LogP contribution in [0.3, 0.4) is 0 Å². The smallest absolute Gasteiger partial charge is 0.418 e. The van der Waals surface area contributed by atoms with Gasteiger partial charge in [0.1, 0.15) is 11.5 Å². The summed E-state index contributed by atoms with van der Waals surface area (Å²) < 4.78 is 11.8. The van der Waals surface area contributed by atoms with Crippen molar-refractivity contribution in [2.24, 2.45) is 10.4 Å². The van der Waals surface area contributed by atoms with Gasteiger partial charge in [-0.05, 0) is 41.7 Å². The minimum Gasteiger partial charge on any atom is -0.494 e. The molecule has 2 heterocycles. The molecular weight excluding hydrogens is 475 g/mol. The number of carbonyl (C=O) groups is 2. The van der Waals surface area contributed by atoms with Crippen LogP contribution in [0.4, 0.5) is 9.93 Å². The molecule has 2 amide bonds. The van der Waals surface area contributed by atoms with Crippen LogP contribution in [0.25, 0.3) is 0 Å². The van der Waals surface area contributed by atoms with Gasteiger partial charge < -0.3 is 9.47 Å². The van der Waals surface area contributed by atoms with E-state index in [1.165, 1.54) is 16.8 Å². The molecule has 34 heavy (non-hydrogen) atoms. The Kier molecular flexibility index (Phi) is 9.14. The Morgan fingerprint density at radius 3 is 2.62 bits per heavy atom. The van der Waals surface area contributed by atoms with E-state index in [1.807, 2.05) is 6.20 Å². The number of carbonyl (C=O) groups excluding carboxylic acids is 2. The molecule has 0 spiro atoms. The Bertz CT molecular complexity index is 1060. The molecular formula is C22H27BN4O5S2. The van der Waals surface area contributed by atoms with Gasteiger partial charge in [0.15, 0.2) is 5.13 Å². The van der Waals surface area contributed by atoms with Gasteiger partial charge in [-0.25, -0.2) is 15.3 Å². The fourth-order valence-electron chi connectivity index (χ4n) is 2.87. The summed E-state index contributed by atoms with van der Waals surface area (Å²) in [4.78, 5) is 31.9. The molecule has 180 valence electrons. The fourth-order valence-corrected chi connectivity index (χ4v) is 4.67. The molecule has 12 heteroatoms. The maximum atomic E-state index is 12.2. The van der Waals surface area contributed by atoms with E-state index in [0.717, 1.165) is 22.9 Å². The average molecular weight is 502 g/mol. The molecule has 3 N–H and O–H groups in total. The number of aromatic nitrogens is 1. The topological polar surface area (TPSA) is 122 Å². The fraction of sp³-hybridized carbons (Fsp3) is 0.364. The number of anilines is 1. The van der Waals surface area contributed by atoms with Crippen LogP contribution in [0, 0.1) is 5.41 Å². The third kappa shape index (κ3) is 8.19. The Labute approximate surface area is 207 Å². The van der Waals surface area contributed by atoms with E-state index in [1.54, 1.807) is 47.7 Å². The molecule has 0 radical (unpaired) electrons. The number of thioether (sulfide) groups is 1. The van der Waals surface area contributed by atoms with Crippen molar-refractivity contribution >= 4 is 53.1 Å². The zero-order valence-electron chi connectivity index (χ0n) is 19.3. The van der Waals surface area contributed by atoms with Gasteiger partial charge in [0.2, 0.25) is 13.2 Å².